The van der Waals surface area contributed by atoms with E-state index < -0.39 is 5.41 Å². The molecule has 0 saturated carbocycles. The highest BCUT2D eigenvalue weighted by Gasteiger charge is 2.41. The van der Waals surface area contributed by atoms with E-state index in [9.17, 15) is 4.79 Å². The normalized spacial score (nSPS) is 17.6. The second kappa shape index (κ2) is 5.73. The van der Waals surface area contributed by atoms with Crippen LogP contribution in [0.3, 0.4) is 0 Å². The first-order valence-electron chi connectivity index (χ1n) is 7.10. The number of Topliss-reactive ketones (excluding diaryl/α,β-unsaturated/α-hetero) is 1. The summed E-state index contributed by atoms with van der Waals surface area (Å²) < 4.78 is 5.45. The fraction of sp³-hybridized carbons (Fsp3) is 0.467. The molecule has 1 fully saturated rings. The van der Waals surface area contributed by atoms with Crippen LogP contribution in [0.15, 0.2) is 30.3 Å². The molecule has 0 aliphatic carbocycles. The first-order chi connectivity index (χ1) is 10.2. The molecule has 1 aromatic carbocycles. The number of aromatic nitrogens is 4. The minimum absolute atomic E-state index is 0.144. The third-order valence-electron chi connectivity index (χ3n) is 4.07. The van der Waals surface area contributed by atoms with E-state index in [4.69, 9.17) is 4.74 Å². The molecule has 2 aromatic rings. The number of ether oxygens (including phenoxy) is 1. The Morgan fingerprint density at radius 2 is 2.00 bits per heavy atom. The van der Waals surface area contributed by atoms with E-state index in [0.717, 1.165) is 5.56 Å². The first kappa shape index (κ1) is 13.9. The number of hydrogen-bond acceptors (Lipinski definition) is 5. The predicted octanol–water partition coefficient (Wildman–Crippen LogP) is 1.07. The molecule has 2 heterocycles. The van der Waals surface area contributed by atoms with Crippen LogP contribution < -0.4 is 0 Å². The SMILES string of the molecule is Cn1nnc(CC(=O)C2(c3ccccc3)CCOCC2)n1. The average molecular weight is 286 g/mol. The van der Waals surface area contributed by atoms with Crippen molar-refractivity contribution in [2.45, 2.75) is 24.7 Å². The Kier molecular flexibility index (Phi) is 3.79. The van der Waals surface area contributed by atoms with Crippen molar-refractivity contribution < 1.29 is 9.53 Å². The lowest BCUT2D eigenvalue weighted by Crippen LogP contribution is -2.42. The van der Waals surface area contributed by atoms with Crippen LogP contribution in [0.2, 0.25) is 0 Å². The molecule has 0 unspecified atom stereocenters. The van der Waals surface area contributed by atoms with Crippen molar-refractivity contribution in [2.24, 2.45) is 7.05 Å². The van der Waals surface area contributed by atoms with Crippen molar-refractivity contribution >= 4 is 5.78 Å². The van der Waals surface area contributed by atoms with Gasteiger partial charge in [0.2, 0.25) is 0 Å². The highest BCUT2D eigenvalue weighted by atomic mass is 16.5. The van der Waals surface area contributed by atoms with Gasteiger partial charge in [0.1, 0.15) is 0 Å². The van der Waals surface area contributed by atoms with Crippen molar-refractivity contribution in [3.05, 3.63) is 41.7 Å². The van der Waals surface area contributed by atoms with Gasteiger partial charge in [0.25, 0.3) is 0 Å². The van der Waals surface area contributed by atoms with E-state index in [-0.39, 0.29) is 12.2 Å². The number of carbonyl (C=O) groups excluding carboxylic acids is 1. The van der Waals surface area contributed by atoms with Crippen LogP contribution >= 0.6 is 0 Å². The summed E-state index contributed by atoms with van der Waals surface area (Å²) in [7, 11) is 1.70. The number of hydrogen-bond donors (Lipinski definition) is 0. The zero-order valence-corrected chi connectivity index (χ0v) is 12.0. The maximum Gasteiger partial charge on any atom is 0.182 e. The van der Waals surface area contributed by atoms with Gasteiger partial charge < -0.3 is 4.74 Å². The molecule has 110 valence electrons. The third kappa shape index (κ3) is 2.71. The fourth-order valence-electron chi connectivity index (χ4n) is 2.91. The molecule has 0 amide bonds. The summed E-state index contributed by atoms with van der Waals surface area (Å²) in [5, 5.41) is 11.8. The van der Waals surface area contributed by atoms with Crippen LogP contribution in [0.25, 0.3) is 0 Å². The Morgan fingerprint density at radius 1 is 1.29 bits per heavy atom. The molecule has 1 aliphatic heterocycles. The Hall–Kier alpha value is -2.08. The van der Waals surface area contributed by atoms with Gasteiger partial charge in [0.15, 0.2) is 11.6 Å². The van der Waals surface area contributed by atoms with E-state index in [1.165, 1.54) is 4.80 Å². The minimum Gasteiger partial charge on any atom is -0.381 e. The van der Waals surface area contributed by atoms with Crippen molar-refractivity contribution in [1.82, 2.24) is 20.2 Å². The van der Waals surface area contributed by atoms with E-state index in [1.54, 1.807) is 7.05 Å². The van der Waals surface area contributed by atoms with Crippen molar-refractivity contribution in [3.8, 4) is 0 Å². The maximum absolute atomic E-state index is 12.9. The summed E-state index contributed by atoms with van der Waals surface area (Å²) in [6.45, 7) is 1.21. The van der Waals surface area contributed by atoms with Crippen LogP contribution in [0.4, 0.5) is 0 Å². The van der Waals surface area contributed by atoms with Crippen molar-refractivity contribution in [1.29, 1.82) is 0 Å². The molecule has 1 aromatic heterocycles. The topological polar surface area (TPSA) is 69.9 Å². The molecule has 0 atom stereocenters. The standard InChI is InChI=1S/C15H18N4O2/c1-19-17-14(16-18-19)11-13(20)15(7-9-21-10-8-15)12-5-3-2-4-6-12/h2-6H,7-11H2,1H3. The highest BCUT2D eigenvalue weighted by Crippen LogP contribution is 2.36. The molecule has 6 nitrogen and oxygen atoms in total. The van der Waals surface area contributed by atoms with E-state index >= 15 is 0 Å². The molecule has 1 saturated heterocycles. The lowest BCUT2D eigenvalue weighted by atomic mass is 9.70. The molecule has 3 rings (SSSR count). The Bertz CT molecular complexity index is 618. The second-order valence-electron chi connectivity index (χ2n) is 5.36. The summed E-state index contributed by atoms with van der Waals surface area (Å²) in [6, 6.07) is 9.95. The second-order valence-corrected chi connectivity index (χ2v) is 5.36. The zero-order chi connectivity index (χ0) is 14.7. The van der Waals surface area contributed by atoms with Crippen LogP contribution in [-0.2, 0) is 28.4 Å². The summed E-state index contributed by atoms with van der Waals surface area (Å²) >= 11 is 0. The van der Waals surface area contributed by atoms with E-state index in [0.29, 0.717) is 31.9 Å². The zero-order valence-electron chi connectivity index (χ0n) is 12.0. The quantitative estimate of drug-likeness (QED) is 0.841. The van der Waals surface area contributed by atoms with Crippen LogP contribution in [-0.4, -0.2) is 39.2 Å². The van der Waals surface area contributed by atoms with Crippen molar-refractivity contribution in [3.63, 3.8) is 0 Å². The summed E-state index contributed by atoms with van der Waals surface area (Å²) in [5.74, 6) is 0.620. The van der Waals surface area contributed by atoms with Gasteiger partial charge in [-0.3, -0.25) is 4.79 Å². The Balaban J connectivity index is 1.90. The summed E-state index contributed by atoms with van der Waals surface area (Å²) in [6.07, 6.45) is 1.62. The van der Waals surface area contributed by atoms with Gasteiger partial charge in [-0.05, 0) is 23.6 Å². The van der Waals surface area contributed by atoms with Gasteiger partial charge in [-0.1, -0.05) is 30.3 Å². The molecule has 6 heteroatoms. The van der Waals surface area contributed by atoms with Crippen molar-refractivity contribution in [2.75, 3.05) is 13.2 Å². The van der Waals surface area contributed by atoms with Gasteiger partial charge in [0.05, 0.1) is 18.9 Å². The monoisotopic (exact) mass is 286 g/mol. The van der Waals surface area contributed by atoms with Gasteiger partial charge in [-0.2, -0.15) is 4.80 Å². The van der Waals surface area contributed by atoms with Gasteiger partial charge >= 0.3 is 0 Å². The van der Waals surface area contributed by atoms with Gasteiger partial charge in [-0.15, -0.1) is 10.2 Å². The lowest BCUT2D eigenvalue weighted by Gasteiger charge is -2.36. The number of ketones is 1. The largest absolute Gasteiger partial charge is 0.381 e. The summed E-state index contributed by atoms with van der Waals surface area (Å²) in [5.41, 5.74) is 0.570. The molecule has 0 radical (unpaired) electrons. The lowest BCUT2D eigenvalue weighted by molar-refractivity contribution is -0.127. The molecule has 0 bridgehead atoms. The Labute approximate surface area is 123 Å². The molecular weight excluding hydrogens is 268 g/mol. The predicted molar refractivity (Wildman–Crippen MR) is 75.7 cm³/mol. The fourth-order valence-corrected chi connectivity index (χ4v) is 2.91. The number of rotatable bonds is 4. The average Bonchev–Trinajstić information content (AvgIpc) is 2.94. The summed E-state index contributed by atoms with van der Waals surface area (Å²) in [4.78, 5) is 14.3. The van der Waals surface area contributed by atoms with Gasteiger partial charge in [0, 0.05) is 13.2 Å². The minimum atomic E-state index is -0.487. The van der Waals surface area contributed by atoms with E-state index in [2.05, 4.69) is 15.4 Å². The van der Waals surface area contributed by atoms with Gasteiger partial charge in [-0.25, -0.2) is 0 Å². The number of benzene rings is 1. The van der Waals surface area contributed by atoms with Crippen LogP contribution in [0.1, 0.15) is 24.2 Å². The Morgan fingerprint density at radius 3 is 2.62 bits per heavy atom. The molecule has 21 heavy (non-hydrogen) atoms. The smallest absolute Gasteiger partial charge is 0.182 e. The molecule has 0 N–H and O–H groups in total. The number of nitrogens with zero attached hydrogens (tertiary/aromatic N) is 4. The number of aryl methyl sites for hydroxylation is 1. The molecular formula is C15H18N4O2. The molecule has 1 aliphatic rings. The number of tetrazole rings is 1. The van der Waals surface area contributed by atoms with Crippen LogP contribution in [0.5, 0.6) is 0 Å². The molecule has 0 spiro atoms. The number of carbonyl (C=O) groups is 1. The first-order valence-corrected chi connectivity index (χ1v) is 7.10. The third-order valence-corrected chi connectivity index (χ3v) is 4.07. The highest BCUT2D eigenvalue weighted by molar-refractivity contribution is 5.91. The maximum atomic E-state index is 12.9. The van der Waals surface area contributed by atoms with E-state index in [1.807, 2.05) is 30.3 Å². The van der Waals surface area contributed by atoms with Crippen LogP contribution in [0, 0.1) is 0 Å².